The molecule has 30 heavy (non-hydrogen) atoms. The van der Waals surface area contributed by atoms with Crippen LogP contribution in [0.2, 0.25) is 0 Å². The summed E-state index contributed by atoms with van der Waals surface area (Å²) in [6.45, 7) is 0.696. The zero-order valence-electron chi connectivity index (χ0n) is 16.6. The Morgan fingerprint density at radius 3 is 2.60 bits per heavy atom. The van der Waals surface area contributed by atoms with E-state index in [0.29, 0.717) is 22.7 Å². The van der Waals surface area contributed by atoms with Crippen molar-refractivity contribution in [3.8, 4) is 23.1 Å². The van der Waals surface area contributed by atoms with E-state index in [1.165, 1.54) is 25.4 Å². The van der Waals surface area contributed by atoms with E-state index < -0.39 is 18.9 Å². The van der Waals surface area contributed by atoms with E-state index in [1.807, 2.05) is 0 Å². The molecule has 6 nitrogen and oxygen atoms in total. The van der Waals surface area contributed by atoms with E-state index in [1.54, 1.807) is 54.3 Å². The lowest BCUT2D eigenvalue weighted by Crippen LogP contribution is -2.32. The fourth-order valence-corrected chi connectivity index (χ4v) is 2.92. The summed E-state index contributed by atoms with van der Waals surface area (Å²) in [6, 6.07) is 14.2. The molecule has 8 heteroatoms. The molecule has 3 rings (SSSR count). The van der Waals surface area contributed by atoms with E-state index in [0.717, 1.165) is 0 Å². The molecular weight excluding hydrogens is 394 g/mol. The van der Waals surface area contributed by atoms with E-state index in [-0.39, 0.29) is 18.2 Å². The average molecular weight is 416 g/mol. The summed E-state index contributed by atoms with van der Waals surface area (Å²) in [5, 5.41) is 10.4. The van der Waals surface area contributed by atoms with E-state index in [4.69, 9.17) is 14.2 Å². The fourth-order valence-electron chi connectivity index (χ4n) is 2.92. The molecule has 3 aromatic rings. The van der Waals surface area contributed by atoms with Gasteiger partial charge in [-0.25, -0.2) is 13.8 Å². The molecule has 0 aliphatic rings. The quantitative estimate of drug-likeness (QED) is 0.512. The highest BCUT2D eigenvalue weighted by atomic mass is 19.1. The molecule has 0 saturated carbocycles. The predicted octanol–water partition coefficient (Wildman–Crippen LogP) is 4.67. The third-order valence-electron chi connectivity index (χ3n) is 4.37. The third-order valence-corrected chi connectivity index (χ3v) is 4.37. The van der Waals surface area contributed by atoms with Gasteiger partial charge in [0, 0.05) is 18.3 Å². The number of methoxy groups -OCH3 is 1. The first kappa shape index (κ1) is 21.3. The number of aromatic nitrogens is 1. The molecule has 1 unspecified atom stereocenters. The molecule has 1 N–H and O–H groups in total. The van der Waals surface area contributed by atoms with Gasteiger partial charge in [-0.05, 0) is 49.4 Å². The number of pyridine rings is 1. The highest BCUT2D eigenvalue weighted by Gasteiger charge is 2.21. The molecule has 1 heterocycles. The monoisotopic (exact) mass is 416 g/mol. The molecule has 0 amide bonds. The highest BCUT2D eigenvalue weighted by Crippen LogP contribution is 2.34. The number of benzene rings is 2. The van der Waals surface area contributed by atoms with Gasteiger partial charge in [0.1, 0.15) is 23.4 Å². The van der Waals surface area contributed by atoms with E-state index in [9.17, 15) is 13.9 Å². The number of alkyl halides is 1. The summed E-state index contributed by atoms with van der Waals surface area (Å²) < 4.78 is 42.9. The molecule has 0 bridgehead atoms. The molecule has 0 fully saturated rings. The maximum Gasteiger partial charge on any atom is 0.243 e. The van der Waals surface area contributed by atoms with Crippen LogP contribution in [0.4, 0.5) is 14.5 Å². The van der Waals surface area contributed by atoms with Crippen molar-refractivity contribution in [2.45, 2.75) is 19.7 Å². The Morgan fingerprint density at radius 1 is 1.10 bits per heavy atom. The summed E-state index contributed by atoms with van der Waals surface area (Å²) in [5.74, 6) is 0.439. The van der Waals surface area contributed by atoms with Crippen molar-refractivity contribution in [1.82, 2.24) is 4.98 Å². The molecule has 1 atom stereocenters. The van der Waals surface area contributed by atoms with Crippen LogP contribution in [0.5, 0.6) is 23.1 Å². The van der Waals surface area contributed by atoms with Crippen molar-refractivity contribution in [1.29, 1.82) is 0 Å². The van der Waals surface area contributed by atoms with Crippen molar-refractivity contribution in [2.75, 3.05) is 18.9 Å². The van der Waals surface area contributed by atoms with Gasteiger partial charge in [-0.3, -0.25) is 0 Å². The standard InChI is InChI=1S/C22H22F2N2O4/c1-15(27)26(13-16-12-17(28-2)9-10-20(16)29-14-23)19-7-5-11-25-22(19)30-21-8-4-3-6-18(21)24/h3-12,15,27H,13-14H2,1-2H3. The number of halogens is 2. The van der Waals surface area contributed by atoms with Crippen molar-refractivity contribution < 1.29 is 28.1 Å². The number of aliphatic hydroxyl groups is 1. The minimum Gasteiger partial charge on any atom is -0.497 e. The molecule has 0 spiro atoms. The number of ether oxygens (including phenoxy) is 3. The second-order valence-corrected chi connectivity index (χ2v) is 6.35. The first-order chi connectivity index (χ1) is 14.5. The normalized spacial score (nSPS) is 11.6. The van der Waals surface area contributed by atoms with Gasteiger partial charge in [0.25, 0.3) is 0 Å². The average Bonchev–Trinajstić information content (AvgIpc) is 2.75. The van der Waals surface area contributed by atoms with Gasteiger partial charge in [0.15, 0.2) is 11.6 Å². The summed E-state index contributed by atoms with van der Waals surface area (Å²) in [6.07, 6.45) is 0.532. The second kappa shape index (κ2) is 9.89. The Kier molecular flexibility index (Phi) is 7.03. The zero-order valence-corrected chi connectivity index (χ0v) is 16.6. The molecule has 0 radical (unpaired) electrons. The predicted molar refractivity (Wildman–Crippen MR) is 108 cm³/mol. The number of hydrogen-bond acceptors (Lipinski definition) is 6. The summed E-state index contributed by atoms with van der Waals surface area (Å²) >= 11 is 0. The largest absolute Gasteiger partial charge is 0.497 e. The maximum absolute atomic E-state index is 14.1. The first-order valence-corrected chi connectivity index (χ1v) is 9.21. The van der Waals surface area contributed by atoms with Crippen molar-refractivity contribution in [3.63, 3.8) is 0 Å². The Bertz CT molecular complexity index is 985. The number of rotatable bonds is 9. The molecule has 0 saturated heterocycles. The van der Waals surface area contributed by atoms with E-state index >= 15 is 0 Å². The van der Waals surface area contributed by atoms with Crippen molar-refractivity contribution in [2.24, 2.45) is 0 Å². The van der Waals surface area contributed by atoms with Crippen LogP contribution in [0.3, 0.4) is 0 Å². The van der Waals surface area contributed by atoms with Gasteiger partial charge >= 0.3 is 0 Å². The van der Waals surface area contributed by atoms with Crippen LogP contribution in [0, 0.1) is 5.82 Å². The Hall–Kier alpha value is -3.39. The van der Waals surface area contributed by atoms with Crippen LogP contribution in [0.15, 0.2) is 60.8 Å². The van der Waals surface area contributed by atoms with Crippen LogP contribution < -0.4 is 19.1 Å². The zero-order chi connectivity index (χ0) is 21.5. The van der Waals surface area contributed by atoms with Crippen LogP contribution in [-0.4, -0.2) is 30.3 Å². The Morgan fingerprint density at radius 2 is 1.90 bits per heavy atom. The number of nitrogens with zero attached hydrogens (tertiary/aromatic N) is 2. The molecule has 0 aliphatic carbocycles. The van der Waals surface area contributed by atoms with Gasteiger partial charge < -0.3 is 24.2 Å². The van der Waals surface area contributed by atoms with Crippen molar-refractivity contribution in [3.05, 3.63) is 72.2 Å². The van der Waals surface area contributed by atoms with Gasteiger partial charge in [-0.2, -0.15) is 0 Å². The van der Waals surface area contributed by atoms with Gasteiger partial charge in [0.2, 0.25) is 12.7 Å². The number of para-hydroxylation sites is 1. The number of aliphatic hydroxyl groups excluding tert-OH is 1. The van der Waals surface area contributed by atoms with E-state index in [2.05, 4.69) is 4.98 Å². The first-order valence-electron chi connectivity index (χ1n) is 9.21. The minimum absolute atomic E-state index is 0.00539. The van der Waals surface area contributed by atoms with Crippen molar-refractivity contribution >= 4 is 5.69 Å². The van der Waals surface area contributed by atoms with Gasteiger partial charge in [0.05, 0.1) is 7.11 Å². The summed E-state index contributed by atoms with van der Waals surface area (Å²) in [5.41, 5.74) is 0.998. The molecule has 2 aromatic carbocycles. The SMILES string of the molecule is COc1ccc(OCF)c(CN(c2cccnc2Oc2ccccc2F)C(C)O)c1. The fraction of sp³-hybridized carbons (Fsp3) is 0.227. The summed E-state index contributed by atoms with van der Waals surface area (Å²) in [7, 11) is 1.52. The topological polar surface area (TPSA) is 64.1 Å². The summed E-state index contributed by atoms with van der Waals surface area (Å²) in [4.78, 5) is 5.77. The van der Waals surface area contributed by atoms with Gasteiger partial charge in [-0.1, -0.05) is 12.1 Å². The third kappa shape index (κ3) is 4.96. The molecule has 0 aliphatic heterocycles. The van der Waals surface area contributed by atoms with Crippen LogP contribution in [0.1, 0.15) is 12.5 Å². The smallest absolute Gasteiger partial charge is 0.243 e. The van der Waals surface area contributed by atoms with Crippen LogP contribution >= 0.6 is 0 Å². The lowest BCUT2D eigenvalue weighted by atomic mass is 10.1. The van der Waals surface area contributed by atoms with Gasteiger partial charge in [-0.15, -0.1) is 0 Å². The highest BCUT2D eigenvalue weighted by molar-refractivity contribution is 5.57. The second-order valence-electron chi connectivity index (χ2n) is 6.35. The minimum atomic E-state index is -0.997. The number of hydrogen-bond donors (Lipinski definition) is 1. The molecular formula is C22H22F2N2O4. The molecule has 1 aromatic heterocycles. The van der Waals surface area contributed by atoms with Crippen LogP contribution in [-0.2, 0) is 6.54 Å². The number of anilines is 1. The maximum atomic E-state index is 14.1. The molecule has 158 valence electrons. The lowest BCUT2D eigenvalue weighted by Gasteiger charge is -2.29. The Labute approximate surface area is 173 Å². The van der Waals surface area contributed by atoms with Crippen LogP contribution in [0.25, 0.3) is 0 Å². The Balaban J connectivity index is 1.98. The lowest BCUT2D eigenvalue weighted by molar-refractivity contribution is 0.180.